The van der Waals surface area contributed by atoms with E-state index in [1.54, 1.807) is 5.32 Å². The lowest BCUT2D eigenvalue weighted by atomic mass is 10.1. The number of hydrogen-bond acceptors (Lipinski definition) is 2. The van der Waals surface area contributed by atoms with Gasteiger partial charge in [0.05, 0.1) is 5.56 Å². The fraction of sp³-hybridized carbons (Fsp3) is 0.250. The number of hydrogen-bond donors (Lipinski definition) is 2. The molecule has 0 saturated carbocycles. The van der Waals surface area contributed by atoms with Crippen LogP contribution < -0.4 is 5.32 Å². The molecule has 1 amide bonds. The SMILES string of the molecule is O=C(NCC(F)(F)F)c1ccc(C#CCO)cc1F. The molecule has 0 radical (unpaired) electrons. The molecule has 19 heavy (non-hydrogen) atoms. The van der Waals surface area contributed by atoms with Gasteiger partial charge in [-0.05, 0) is 18.2 Å². The van der Waals surface area contributed by atoms with Crippen LogP contribution in [0.3, 0.4) is 0 Å². The van der Waals surface area contributed by atoms with Gasteiger partial charge in [-0.25, -0.2) is 4.39 Å². The summed E-state index contributed by atoms with van der Waals surface area (Å²) >= 11 is 0. The second-order valence-corrected chi connectivity index (χ2v) is 3.45. The number of rotatable bonds is 2. The van der Waals surface area contributed by atoms with Crippen molar-refractivity contribution >= 4 is 5.91 Å². The van der Waals surface area contributed by atoms with E-state index in [0.29, 0.717) is 0 Å². The first-order valence-corrected chi connectivity index (χ1v) is 5.07. The van der Waals surface area contributed by atoms with Crippen molar-refractivity contribution in [2.24, 2.45) is 0 Å². The van der Waals surface area contributed by atoms with E-state index in [0.717, 1.165) is 12.1 Å². The Hall–Kier alpha value is -2.07. The maximum atomic E-state index is 13.5. The zero-order valence-electron chi connectivity index (χ0n) is 9.51. The van der Waals surface area contributed by atoms with E-state index in [4.69, 9.17) is 5.11 Å². The van der Waals surface area contributed by atoms with Gasteiger partial charge < -0.3 is 10.4 Å². The lowest BCUT2D eigenvalue weighted by molar-refractivity contribution is -0.123. The highest BCUT2D eigenvalue weighted by Crippen LogP contribution is 2.14. The van der Waals surface area contributed by atoms with Crippen molar-refractivity contribution in [1.82, 2.24) is 5.32 Å². The fourth-order valence-electron chi connectivity index (χ4n) is 1.19. The zero-order valence-corrected chi connectivity index (χ0v) is 9.51. The summed E-state index contributed by atoms with van der Waals surface area (Å²) in [4.78, 5) is 11.3. The molecule has 2 N–H and O–H groups in total. The average Bonchev–Trinajstić information content (AvgIpc) is 2.32. The standard InChI is InChI=1S/C12H9F4NO2/c13-10-6-8(2-1-5-18)3-4-9(10)11(19)17-7-12(14,15)16/h3-4,6,18H,5,7H2,(H,17,19). The Morgan fingerprint density at radius 1 is 1.37 bits per heavy atom. The van der Waals surface area contributed by atoms with Gasteiger partial charge in [-0.2, -0.15) is 13.2 Å². The molecule has 0 aliphatic carbocycles. The second-order valence-electron chi connectivity index (χ2n) is 3.45. The van der Waals surface area contributed by atoms with Crippen molar-refractivity contribution in [3.05, 3.63) is 35.1 Å². The molecule has 0 aromatic heterocycles. The maximum absolute atomic E-state index is 13.5. The van der Waals surface area contributed by atoms with Gasteiger partial charge in [-0.1, -0.05) is 11.8 Å². The van der Waals surface area contributed by atoms with Gasteiger partial charge in [0, 0.05) is 5.56 Å². The molecule has 7 heteroatoms. The normalized spacial score (nSPS) is 10.6. The van der Waals surface area contributed by atoms with Crippen LogP contribution in [0.2, 0.25) is 0 Å². The van der Waals surface area contributed by atoms with Crippen LogP contribution in [-0.2, 0) is 0 Å². The highest BCUT2D eigenvalue weighted by atomic mass is 19.4. The van der Waals surface area contributed by atoms with E-state index < -0.39 is 36.6 Å². The lowest BCUT2D eigenvalue weighted by Crippen LogP contribution is -2.34. The number of carbonyl (C=O) groups is 1. The quantitative estimate of drug-likeness (QED) is 0.634. The van der Waals surface area contributed by atoms with E-state index in [2.05, 4.69) is 11.8 Å². The molecule has 0 fully saturated rings. The van der Waals surface area contributed by atoms with E-state index in [1.807, 2.05) is 0 Å². The first-order valence-electron chi connectivity index (χ1n) is 5.07. The van der Waals surface area contributed by atoms with Gasteiger partial charge in [0.15, 0.2) is 0 Å². The van der Waals surface area contributed by atoms with Crippen LogP contribution in [-0.4, -0.2) is 30.3 Å². The molecule has 0 atom stereocenters. The Labute approximate surface area is 106 Å². The number of aliphatic hydroxyl groups is 1. The number of benzene rings is 1. The molecule has 1 aromatic carbocycles. The predicted octanol–water partition coefficient (Wildman–Crippen LogP) is 1.46. The van der Waals surface area contributed by atoms with Crippen LogP contribution in [0.15, 0.2) is 18.2 Å². The summed E-state index contributed by atoms with van der Waals surface area (Å²) in [5, 5.41) is 10.0. The Kier molecular flexibility index (Phi) is 4.89. The third kappa shape index (κ3) is 4.97. The van der Waals surface area contributed by atoms with Crippen LogP contribution in [0.1, 0.15) is 15.9 Å². The van der Waals surface area contributed by atoms with Gasteiger partial charge in [-0.15, -0.1) is 0 Å². The van der Waals surface area contributed by atoms with E-state index in [-0.39, 0.29) is 5.56 Å². The summed E-state index contributed by atoms with van der Waals surface area (Å²) < 4.78 is 49.1. The molecule has 1 rings (SSSR count). The van der Waals surface area contributed by atoms with Gasteiger partial charge in [0.25, 0.3) is 5.91 Å². The first kappa shape index (κ1) is 15.0. The molecular formula is C12H9F4NO2. The number of nitrogens with one attached hydrogen (secondary N) is 1. The van der Waals surface area contributed by atoms with Crippen LogP contribution in [0.5, 0.6) is 0 Å². The van der Waals surface area contributed by atoms with Crippen LogP contribution in [0.4, 0.5) is 17.6 Å². The minimum atomic E-state index is -4.56. The van der Waals surface area contributed by atoms with Gasteiger partial charge in [0.2, 0.25) is 0 Å². The molecule has 102 valence electrons. The Bertz CT molecular complexity index is 529. The van der Waals surface area contributed by atoms with Gasteiger partial charge in [-0.3, -0.25) is 4.79 Å². The monoisotopic (exact) mass is 275 g/mol. The lowest BCUT2D eigenvalue weighted by Gasteiger charge is -2.08. The van der Waals surface area contributed by atoms with Crippen molar-refractivity contribution < 1.29 is 27.5 Å². The zero-order chi connectivity index (χ0) is 14.5. The molecule has 0 aliphatic heterocycles. The van der Waals surface area contributed by atoms with Crippen molar-refractivity contribution in [3.63, 3.8) is 0 Å². The summed E-state index contributed by atoms with van der Waals surface area (Å²) in [7, 11) is 0. The van der Waals surface area contributed by atoms with Crippen molar-refractivity contribution in [2.75, 3.05) is 13.2 Å². The molecule has 3 nitrogen and oxygen atoms in total. The summed E-state index contributed by atoms with van der Waals surface area (Å²) in [6.45, 7) is -1.94. The minimum Gasteiger partial charge on any atom is -0.384 e. The maximum Gasteiger partial charge on any atom is 0.405 e. The summed E-state index contributed by atoms with van der Waals surface area (Å²) in [5.74, 6) is 2.54. The Morgan fingerprint density at radius 3 is 2.58 bits per heavy atom. The highest BCUT2D eigenvalue weighted by molar-refractivity contribution is 5.94. The van der Waals surface area contributed by atoms with Crippen molar-refractivity contribution in [3.8, 4) is 11.8 Å². The fourth-order valence-corrected chi connectivity index (χ4v) is 1.19. The number of alkyl halides is 3. The van der Waals surface area contributed by atoms with E-state index >= 15 is 0 Å². The molecule has 0 spiro atoms. The molecule has 1 aromatic rings. The largest absolute Gasteiger partial charge is 0.405 e. The number of halogens is 4. The van der Waals surface area contributed by atoms with E-state index in [9.17, 15) is 22.4 Å². The molecule has 0 saturated heterocycles. The topological polar surface area (TPSA) is 49.3 Å². The highest BCUT2D eigenvalue weighted by Gasteiger charge is 2.28. The molecule has 0 unspecified atom stereocenters. The first-order chi connectivity index (χ1) is 8.83. The Morgan fingerprint density at radius 2 is 2.05 bits per heavy atom. The van der Waals surface area contributed by atoms with Gasteiger partial charge in [0.1, 0.15) is 19.0 Å². The summed E-state index contributed by atoms with van der Waals surface area (Å²) in [6.07, 6.45) is -4.56. The smallest absolute Gasteiger partial charge is 0.384 e. The van der Waals surface area contributed by atoms with Crippen LogP contribution in [0.25, 0.3) is 0 Å². The number of carbonyl (C=O) groups excluding carboxylic acids is 1. The van der Waals surface area contributed by atoms with Crippen LogP contribution in [0, 0.1) is 17.7 Å². The van der Waals surface area contributed by atoms with Crippen LogP contribution >= 0.6 is 0 Å². The second kappa shape index (κ2) is 6.20. The molecule has 0 aliphatic rings. The molecule has 0 bridgehead atoms. The van der Waals surface area contributed by atoms with Crippen molar-refractivity contribution in [1.29, 1.82) is 0 Å². The predicted molar refractivity (Wildman–Crippen MR) is 58.8 cm³/mol. The van der Waals surface area contributed by atoms with Crippen molar-refractivity contribution in [2.45, 2.75) is 6.18 Å². The molecule has 0 heterocycles. The molecular weight excluding hydrogens is 266 g/mol. The summed E-state index contributed by atoms with van der Waals surface area (Å²) in [5.41, 5.74) is -0.294. The Balaban J connectivity index is 2.82. The third-order valence-electron chi connectivity index (χ3n) is 1.97. The number of aliphatic hydroxyl groups excluding tert-OH is 1. The average molecular weight is 275 g/mol. The van der Waals surface area contributed by atoms with Gasteiger partial charge >= 0.3 is 6.18 Å². The third-order valence-corrected chi connectivity index (χ3v) is 1.97. The summed E-state index contributed by atoms with van der Waals surface area (Å²) in [6, 6.07) is 3.21. The van der Waals surface area contributed by atoms with E-state index in [1.165, 1.54) is 6.07 Å². The minimum absolute atomic E-state index is 0.207. The number of amides is 1.